The van der Waals surface area contributed by atoms with Crippen molar-refractivity contribution >= 4 is 43.7 Å². The molecule has 10 aromatic rings. The molecule has 7 aromatic carbocycles. The van der Waals surface area contributed by atoms with Gasteiger partial charge in [-0.2, -0.15) is 0 Å². The molecule has 0 N–H and O–H groups in total. The van der Waals surface area contributed by atoms with Crippen LogP contribution in [-0.4, -0.2) is 19.5 Å². The molecular formula is C45H28N4O. The minimum atomic E-state index is 0.632. The molecule has 0 saturated heterocycles. The van der Waals surface area contributed by atoms with Crippen LogP contribution in [0, 0.1) is 0 Å². The third-order valence-electron chi connectivity index (χ3n) is 9.43. The lowest BCUT2D eigenvalue weighted by atomic mass is 10.0. The smallest absolute Gasteiger partial charge is 0.164 e. The van der Waals surface area contributed by atoms with Crippen molar-refractivity contribution in [1.29, 1.82) is 0 Å². The van der Waals surface area contributed by atoms with E-state index in [0.717, 1.165) is 66.5 Å². The minimum Gasteiger partial charge on any atom is -0.456 e. The molecule has 0 spiro atoms. The summed E-state index contributed by atoms with van der Waals surface area (Å²) in [6, 6.07) is 58.6. The van der Waals surface area contributed by atoms with Crippen LogP contribution in [0.5, 0.6) is 0 Å². The maximum atomic E-state index is 6.34. The molecule has 234 valence electrons. The van der Waals surface area contributed by atoms with E-state index in [1.165, 1.54) is 10.8 Å². The van der Waals surface area contributed by atoms with Gasteiger partial charge in [0, 0.05) is 38.5 Å². The molecule has 3 aromatic heterocycles. The van der Waals surface area contributed by atoms with Crippen molar-refractivity contribution in [2.45, 2.75) is 0 Å². The van der Waals surface area contributed by atoms with Gasteiger partial charge >= 0.3 is 0 Å². The van der Waals surface area contributed by atoms with Gasteiger partial charge in [-0.25, -0.2) is 15.0 Å². The molecule has 0 saturated carbocycles. The van der Waals surface area contributed by atoms with E-state index < -0.39 is 0 Å². The lowest BCUT2D eigenvalue weighted by Gasteiger charge is -2.12. The zero-order valence-electron chi connectivity index (χ0n) is 26.9. The van der Waals surface area contributed by atoms with Crippen LogP contribution in [0.3, 0.4) is 0 Å². The first kappa shape index (κ1) is 28.2. The molecule has 50 heavy (non-hydrogen) atoms. The lowest BCUT2D eigenvalue weighted by molar-refractivity contribution is 0.669. The van der Waals surface area contributed by atoms with Gasteiger partial charge in [-0.3, -0.25) is 0 Å². The summed E-state index contributed by atoms with van der Waals surface area (Å²) in [5.41, 5.74) is 10.1. The first-order valence-electron chi connectivity index (χ1n) is 16.7. The second-order valence-electron chi connectivity index (χ2n) is 12.5. The van der Waals surface area contributed by atoms with Gasteiger partial charge in [0.25, 0.3) is 0 Å². The Kier molecular flexibility index (Phi) is 6.42. The second-order valence-corrected chi connectivity index (χ2v) is 12.5. The monoisotopic (exact) mass is 640 g/mol. The third kappa shape index (κ3) is 4.60. The molecule has 0 atom stereocenters. The Labute approximate surface area is 287 Å². The Hall–Kier alpha value is -6.85. The first-order chi connectivity index (χ1) is 24.8. The normalized spacial score (nSPS) is 11.6. The topological polar surface area (TPSA) is 56.7 Å². The summed E-state index contributed by atoms with van der Waals surface area (Å²) in [4.78, 5) is 14.8. The van der Waals surface area contributed by atoms with E-state index in [1.54, 1.807) is 0 Å². The van der Waals surface area contributed by atoms with Crippen LogP contribution >= 0.6 is 0 Å². The Balaban J connectivity index is 1.14. The maximum absolute atomic E-state index is 6.34. The van der Waals surface area contributed by atoms with E-state index in [0.29, 0.717) is 17.5 Å². The highest BCUT2D eigenvalue weighted by molar-refractivity contribution is 6.24. The minimum absolute atomic E-state index is 0.632. The van der Waals surface area contributed by atoms with Gasteiger partial charge in [-0.1, -0.05) is 127 Å². The van der Waals surface area contributed by atoms with Crippen molar-refractivity contribution in [3.63, 3.8) is 0 Å². The number of hydrogen-bond donors (Lipinski definition) is 0. The standard InChI is InChI=1S/C45H28N4O/c1-3-13-29(14-4-1)43-46-44(30-15-5-2-6-16-30)48-45(47-43)33-19-11-17-31(27-33)32-18-12-20-34(28-32)49-38-23-9-7-21-35(38)36-25-26-40-41(42(36)49)37-22-8-10-24-39(37)50-40/h1-28H. The molecule has 0 aliphatic carbocycles. The maximum Gasteiger partial charge on any atom is 0.164 e. The molecule has 3 heterocycles. The van der Waals surface area contributed by atoms with Gasteiger partial charge in [-0.15, -0.1) is 0 Å². The summed E-state index contributed by atoms with van der Waals surface area (Å²) in [5.74, 6) is 1.92. The summed E-state index contributed by atoms with van der Waals surface area (Å²) in [6.07, 6.45) is 0. The quantitative estimate of drug-likeness (QED) is 0.188. The van der Waals surface area contributed by atoms with Crippen molar-refractivity contribution < 1.29 is 4.42 Å². The predicted octanol–water partition coefficient (Wildman–Crippen LogP) is 11.5. The van der Waals surface area contributed by atoms with Crippen molar-refractivity contribution in [3.05, 3.63) is 170 Å². The Morgan fingerprint density at radius 1 is 0.380 bits per heavy atom. The Morgan fingerprint density at radius 2 is 0.940 bits per heavy atom. The van der Waals surface area contributed by atoms with E-state index in [9.17, 15) is 0 Å². The van der Waals surface area contributed by atoms with Gasteiger partial charge < -0.3 is 8.98 Å². The zero-order valence-corrected chi connectivity index (χ0v) is 26.9. The van der Waals surface area contributed by atoms with Crippen LogP contribution in [-0.2, 0) is 0 Å². The van der Waals surface area contributed by atoms with Crippen molar-refractivity contribution in [1.82, 2.24) is 19.5 Å². The fraction of sp³-hybridized carbons (Fsp3) is 0. The number of rotatable bonds is 5. The molecule has 0 fully saturated rings. The third-order valence-corrected chi connectivity index (χ3v) is 9.43. The van der Waals surface area contributed by atoms with Gasteiger partial charge in [0.2, 0.25) is 0 Å². The van der Waals surface area contributed by atoms with E-state index >= 15 is 0 Å². The SMILES string of the molecule is c1ccc(-c2nc(-c3ccccc3)nc(-c3cccc(-c4cccc(-n5c6ccccc6c6ccc7oc8ccccc8c7c65)c4)c3)n2)cc1. The molecule has 0 aliphatic rings. The van der Waals surface area contributed by atoms with Crippen LogP contribution in [0.1, 0.15) is 0 Å². The van der Waals surface area contributed by atoms with E-state index in [-0.39, 0.29) is 0 Å². The molecule has 0 amide bonds. The van der Waals surface area contributed by atoms with Gasteiger partial charge in [0.15, 0.2) is 17.5 Å². The van der Waals surface area contributed by atoms with Crippen LogP contribution < -0.4 is 0 Å². The average Bonchev–Trinajstić information content (AvgIpc) is 3.74. The van der Waals surface area contributed by atoms with Crippen molar-refractivity contribution in [3.8, 4) is 51.0 Å². The number of hydrogen-bond acceptors (Lipinski definition) is 4. The molecule has 10 rings (SSSR count). The van der Waals surface area contributed by atoms with Crippen LogP contribution in [0.2, 0.25) is 0 Å². The van der Waals surface area contributed by atoms with E-state index in [4.69, 9.17) is 19.4 Å². The number of benzene rings is 7. The second kappa shape index (κ2) is 11.4. The largest absolute Gasteiger partial charge is 0.456 e. The van der Waals surface area contributed by atoms with E-state index in [2.05, 4.69) is 102 Å². The highest BCUT2D eigenvalue weighted by atomic mass is 16.3. The van der Waals surface area contributed by atoms with Gasteiger partial charge in [-0.05, 0) is 53.6 Å². The molecular weight excluding hydrogens is 613 g/mol. The fourth-order valence-electron chi connectivity index (χ4n) is 7.13. The molecule has 0 aliphatic heterocycles. The number of fused-ring (bicyclic) bond motifs is 7. The van der Waals surface area contributed by atoms with E-state index in [1.807, 2.05) is 72.8 Å². The molecule has 5 heteroatoms. The summed E-state index contributed by atoms with van der Waals surface area (Å²) >= 11 is 0. The summed E-state index contributed by atoms with van der Waals surface area (Å²) in [7, 11) is 0. The number of furan rings is 1. The number of para-hydroxylation sites is 2. The summed E-state index contributed by atoms with van der Waals surface area (Å²) in [6.45, 7) is 0. The number of nitrogens with zero attached hydrogens (tertiary/aromatic N) is 4. The first-order valence-corrected chi connectivity index (χ1v) is 16.7. The average molecular weight is 641 g/mol. The van der Waals surface area contributed by atoms with Crippen molar-refractivity contribution in [2.24, 2.45) is 0 Å². The van der Waals surface area contributed by atoms with Crippen LogP contribution in [0.25, 0.3) is 94.7 Å². The molecule has 0 bridgehead atoms. The Bertz CT molecular complexity index is 2810. The molecule has 0 radical (unpaired) electrons. The molecule has 0 unspecified atom stereocenters. The van der Waals surface area contributed by atoms with Crippen molar-refractivity contribution in [2.75, 3.05) is 0 Å². The predicted molar refractivity (Wildman–Crippen MR) is 203 cm³/mol. The lowest BCUT2D eigenvalue weighted by Crippen LogP contribution is -2.00. The van der Waals surface area contributed by atoms with Gasteiger partial charge in [0.05, 0.1) is 16.4 Å². The highest BCUT2D eigenvalue weighted by Crippen LogP contribution is 2.41. The summed E-state index contributed by atoms with van der Waals surface area (Å²) < 4.78 is 8.72. The van der Waals surface area contributed by atoms with Crippen LogP contribution in [0.4, 0.5) is 0 Å². The van der Waals surface area contributed by atoms with Gasteiger partial charge in [0.1, 0.15) is 11.2 Å². The zero-order chi connectivity index (χ0) is 33.0. The molecule has 5 nitrogen and oxygen atoms in total. The highest BCUT2D eigenvalue weighted by Gasteiger charge is 2.19. The Morgan fingerprint density at radius 3 is 1.68 bits per heavy atom. The number of aromatic nitrogens is 4. The fourth-order valence-corrected chi connectivity index (χ4v) is 7.13. The summed E-state index contributed by atoms with van der Waals surface area (Å²) in [5, 5.41) is 4.65. The van der Waals surface area contributed by atoms with Crippen LogP contribution in [0.15, 0.2) is 174 Å².